The number of furan rings is 2. The number of para-hydroxylation sites is 4. The monoisotopic (exact) mass is 739 g/mol. The summed E-state index contributed by atoms with van der Waals surface area (Å²) in [6.07, 6.45) is 0. The fourth-order valence-electron chi connectivity index (χ4n) is 9.11. The van der Waals surface area contributed by atoms with Crippen LogP contribution in [-0.2, 0) is 0 Å². The third kappa shape index (κ3) is 4.29. The number of aromatic nitrogens is 2. The molecule has 7 nitrogen and oxygen atoms in total. The number of benzene rings is 8. The van der Waals surface area contributed by atoms with Gasteiger partial charge in [0, 0.05) is 77.7 Å². The zero-order valence-corrected chi connectivity index (χ0v) is 30.5. The lowest BCUT2D eigenvalue weighted by Gasteiger charge is -2.15. The van der Waals surface area contributed by atoms with Crippen molar-refractivity contribution in [2.24, 2.45) is 0 Å². The lowest BCUT2D eigenvalue weighted by atomic mass is 9.92. The average molecular weight is 740 g/mol. The van der Waals surface area contributed by atoms with E-state index in [9.17, 15) is 15.8 Å². The van der Waals surface area contributed by atoms with Gasteiger partial charge in [-0.3, -0.25) is 0 Å². The van der Waals surface area contributed by atoms with Gasteiger partial charge in [-0.05, 0) is 60.7 Å². The molecule has 0 saturated heterocycles. The Hall–Kier alpha value is -8.57. The van der Waals surface area contributed by atoms with Crippen LogP contribution >= 0.6 is 0 Å². The molecule has 0 bridgehead atoms. The normalized spacial score (nSPS) is 11.7. The second-order valence-electron chi connectivity index (χ2n) is 14.6. The summed E-state index contributed by atoms with van der Waals surface area (Å²) in [4.78, 5) is 0. The molecule has 0 spiro atoms. The van der Waals surface area contributed by atoms with Crippen LogP contribution in [0.1, 0.15) is 16.7 Å². The van der Waals surface area contributed by atoms with Crippen LogP contribution in [-0.4, -0.2) is 9.13 Å². The Kier molecular flexibility index (Phi) is 6.41. The molecule has 7 heteroatoms. The van der Waals surface area contributed by atoms with Gasteiger partial charge in [0.2, 0.25) is 0 Å². The highest BCUT2D eigenvalue weighted by Gasteiger charge is 2.22. The van der Waals surface area contributed by atoms with Gasteiger partial charge in [-0.2, -0.15) is 15.8 Å². The third-order valence-corrected chi connectivity index (χ3v) is 11.6. The third-order valence-electron chi connectivity index (χ3n) is 11.6. The standard InChI is InChI=1S/C51H25N5O2/c52-26-29-19-31(55-44-13-5-1-9-34(44)39-22-41-36-11-3-7-15-48(36)57-50(41)24-46(39)55)17-18-33(29)38-21-32(20-30(27-53)43(38)28-54)56-45-14-6-2-10-35(45)40-23-42-37-12-4-8-16-49(37)58-51(42)25-47(40)56/h1-25H. The van der Waals surface area contributed by atoms with Crippen LogP contribution in [0.25, 0.3) is 110 Å². The second kappa shape index (κ2) is 11.7. The van der Waals surface area contributed by atoms with Gasteiger partial charge in [-0.25, -0.2) is 0 Å². The number of hydrogen-bond acceptors (Lipinski definition) is 5. The number of nitriles is 3. The van der Waals surface area contributed by atoms with Crippen molar-refractivity contribution in [2.75, 3.05) is 0 Å². The molecule has 0 unspecified atom stereocenters. The predicted molar refractivity (Wildman–Crippen MR) is 229 cm³/mol. The van der Waals surface area contributed by atoms with Crippen LogP contribution < -0.4 is 0 Å². The van der Waals surface area contributed by atoms with Crippen LogP contribution in [0.4, 0.5) is 0 Å². The van der Waals surface area contributed by atoms with E-state index in [4.69, 9.17) is 8.83 Å². The number of hydrogen-bond donors (Lipinski definition) is 0. The van der Waals surface area contributed by atoms with Crippen LogP contribution in [0.5, 0.6) is 0 Å². The average Bonchev–Trinajstić information content (AvgIpc) is 4.01. The van der Waals surface area contributed by atoms with Gasteiger partial charge >= 0.3 is 0 Å². The van der Waals surface area contributed by atoms with E-state index in [1.165, 1.54) is 0 Å². The summed E-state index contributed by atoms with van der Waals surface area (Å²) in [5.74, 6) is 0. The summed E-state index contributed by atoms with van der Waals surface area (Å²) in [7, 11) is 0. The van der Waals surface area contributed by atoms with Crippen molar-refractivity contribution in [3.05, 3.63) is 168 Å². The molecular weight excluding hydrogens is 715 g/mol. The summed E-state index contributed by atoms with van der Waals surface area (Å²) in [5.41, 5.74) is 10.3. The van der Waals surface area contributed by atoms with E-state index in [2.05, 4.69) is 88.0 Å². The molecule has 4 aromatic heterocycles. The summed E-state index contributed by atoms with van der Waals surface area (Å²) in [6.45, 7) is 0. The highest BCUT2D eigenvalue weighted by Crippen LogP contribution is 2.42. The molecule has 266 valence electrons. The van der Waals surface area contributed by atoms with Crippen molar-refractivity contribution in [2.45, 2.75) is 0 Å². The minimum absolute atomic E-state index is 0.208. The minimum atomic E-state index is 0.208. The molecular formula is C51H25N5O2. The molecule has 0 N–H and O–H groups in total. The van der Waals surface area contributed by atoms with Crippen molar-refractivity contribution >= 4 is 87.5 Å². The molecule has 0 aliphatic rings. The zero-order valence-electron chi connectivity index (χ0n) is 30.5. The van der Waals surface area contributed by atoms with Crippen molar-refractivity contribution in [1.82, 2.24) is 9.13 Å². The van der Waals surface area contributed by atoms with Crippen LogP contribution in [0.15, 0.2) is 160 Å². The summed E-state index contributed by atoms with van der Waals surface area (Å²) in [5, 5.41) is 40.3. The van der Waals surface area contributed by atoms with E-state index >= 15 is 0 Å². The largest absolute Gasteiger partial charge is 0.456 e. The van der Waals surface area contributed by atoms with Crippen molar-refractivity contribution in [1.29, 1.82) is 15.8 Å². The molecule has 12 aromatic rings. The lowest BCUT2D eigenvalue weighted by molar-refractivity contribution is 0.669. The maximum atomic E-state index is 10.8. The topological polar surface area (TPSA) is 108 Å². The fourth-order valence-corrected chi connectivity index (χ4v) is 9.11. The Morgan fingerprint density at radius 2 is 0.845 bits per heavy atom. The highest BCUT2D eigenvalue weighted by atomic mass is 16.3. The Morgan fingerprint density at radius 3 is 1.40 bits per heavy atom. The zero-order chi connectivity index (χ0) is 38.6. The molecule has 0 aliphatic carbocycles. The SMILES string of the molecule is N#Cc1cc(-n2c3ccccc3c3cc4c(cc32)oc2ccccc24)ccc1-c1cc(-n2c3ccccc3c3cc4c(cc32)oc2ccccc24)cc(C#N)c1C#N. The Bertz CT molecular complexity index is 3910. The summed E-state index contributed by atoms with van der Waals surface area (Å²) >= 11 is 0. The summed E-state index contributed by atoms with van der Waals surface area (Å²) in [6, 6.07) is 57.4. The van der Waals surface area contributed by atoms with E-state index in [0.717, 1.165) is 93.2 Å². The van der Waals surface area contributed by atoms with Crippen molar-refractivity contribution < 1.29 is 8.83 Å². The molecule has 0 fully saturated rings. The quantitative estimate of drug-likeness (QED) is 0.179. The summed E-state index contributed by atoms with van der Waals surface area (Å²) < 4.78 is 16.9. The van der Waals surface area contributed by atoms with Gasteiger partial charge in [-0.15, -0.1) is 0 Å². The molecule has 0 radical (unpaired) electrons. The fraction of sp³-hybridized carbons (Fsp3) is 0. The number of nitrogens with zero attached hydrogens (tertiary/aromatic N) is 5. The van der Waals surface area contributed by atoms with E-state index in [1.807, 2.05) is 84.9 Å². The second-order valence-corrected chi connectivity index (χ2v) is 14.6. The van der Waals surface area contributed by atoms with Crippen LogP contribution in [0.3, 0.4) is 0 Å². The van der Waals surface area contributed by atoms with E-state index < -0.39 is 0 Å². The van der Waals surface area contributed by atoms with Gasteiger partial charge in [-0.1, -0.05) is 78.9 Å². The maximum absolute atomic E-state index is 10.8. The highest BCUT2D eigenvalue weighted by molar-refractivity contribution is 6.19. The number of rotatable bonds is 3. The first kappa shape index (κ1) is 31.7. The van der Waals surface area contributed by atoms with Crippen LogP contribution in [0, 0.1) is 34.0 Å². The molecule has 8 aromatic carbocycles. The molecule has 58 heavy (non-hydrogen) atoms. The van der Waals surface area contributed by atoms with E-state index in [0.29, 0.717) is 22.4 Å². The van der Waals surface area contributed by atoms with E-state index in [1.54, 1.807) is 6.07 Å². The molecule has 0 amide bonds. The molecule has 0 atom stereocenters. The van der Waals surface area contributed by atoms with Gasteiger partial charge in [0.05, 0.1) is 44.8 Å². The smallest absolute Gasteiger partial charge is 0.137 e. The number of fused-ring (bicyclic) bond motifs is 12. The lowest BCUT2D eigenvalue weighted by Crippen LogP contribution is -2.01. The van der Waals surface area contributed by atoms with E-state index in [-0.39, 0.29) is 11.1 Å². The van der Waals surface area contributed by atoms with Gasteiger partial charge in [0.15, 0.2) is 0 Å². The Labute approximate surface area is 329 Å². The Morgan fingerprint density at radius 1 is 0.345 bits per heavy atom. The molecule has 0 aliphatic heterocycles. The predicted octanol–water partition coefficient (Wildman–Crippen LogP) is 13.0. The molecule has 4 heterocycles. The molecule has 0 saturated carbocycles. The first-order chi connectivity index (χ1) is 28.6. The van der Waals surface area contributed by atoms with Crippen LogP contribution in [0.2, 0.25) is 0 Å². The van der Waals surface area contributed by atoms with Gasteiger partial charge in [0.1, 0.15) is 34.5 Å². The Balaban J connectivity index is 1.09. The van der Waals surface area contributed by atoms with Crippen molar-refractivity contribution in [3.63, 3.8) is 0 Å². The minimum Gasteiger partial charge on any atom is -0.456 e. The van der Waals surface area contributed by atoms with Crippen molar-refractivity contribution in [3.8, 4) is 40.7 Å². The first-order valence-corrected chi connectivity index (χ1v) is 18.8. The first-order valence-electron chi connectivity index (χ1n) is 18.8. The van der Waals surface area contributed by atoms with Gasteiger partial charge < -0.3 is 18.0 Å². The van der Waals surface area contributed by atoms with Gasteiger partial charge in [0.25, 0.3) is 0 Å². The maximum Gasteiger partial charge on any atom is 0.137 e. The molecule has 12 rings (SSSR count).